The van der Waals surface area contributed by atoms with Gasteiger partial charge in [-0.15, -0.1) is 10.2 Å². The molecule has 0 bridgehead atoms. The molecule has 0 spiro atoms. The Morgan fingerprint density at radius 3 is 2.88 bits per heavy atom. The van der Waals surface area contributed by atoms with Gasteiger partial charge in [0.05, 0.1) is 0 Å². The van der Waals surface area contributed by atoms with Gasteiger partial charge in [0.2, 0.25) is 9.47 Å². The fourth-order valence-electron chi connectivity index (χ4n) is 1.12. The second kappa shape index (κ2) is 4.90. The molecule has 2 heterocycles. The third kappa shape index (κ3) is 2.58. The minimum atomic E-state index is -0.241. The lowest BCUT2D eigenvalue weighted by molar-refractivity contribution is 0.0950. The van der Waals surface area contributed by atoms with E-state index in [1.165, 1.54) is 5.56 Å². The number of nitrogens with zero attached hydrogens (tertiary/aromatic N) is 2. The van der Waals surface area contributed by atoms with Crippen LogP contribution < -0.4 is 5.32 Å². The van der Waals surface area contributed by atoms with Crippen LogP contribution in [0.3, 0.4) is 0 Å². The van der Waals surface area contributed by atoms with E-state index in [9.17, 15) is 4.79 Å². The molecular formula is C9H8ClN3OS2. The fraction of sp³-hybridized carbons (Fsp3) is 0.222. The zero-order valence-corrected chi connectivity index (χ0v) is 10.7. The third-order valence-corrected chi connectivity index (χ3v) is 3.92. The van der Waals surface area contributed by atoms with E-state index < -0.39 is 0 Å². The van der Waals surface area contributed by atoms with Gasteiger partial charge in [0.15, 0.2) is 0 Å². The van der Waals surface area contributed by atoms with Gasteiger partial charge in [-0.2, -0.15) is 11.3 Å². The van der Waals surface area contributed by atoms with Crippen molar-refractivity contribution < 1.29 is 4.79 Å². The van der Waals surface area contributed by atoms with Gasteiger partial charge in [-0.3, -0.25) is 4.79 Å². The predicted octanol–water partition coefficient (Wildman–Crippen LogP) is 2.49. The summed E-state index contributed by atoms with van der Waals surface area (Å²) in [4.78, 5) is 11.6. The van der Waals surface area contributed by atoms with Crippen LogP contribution in [-0.4, -0.2) is 16.1 Å². The first-order chi connectivity index (χ1) is 7.66. The van der Waals surface area contributed by atoms with Crippen molar-refractivity contribution in [3.8, 4) is 0 Å². The van der Waals surface area contributed by atoms with Crippen LogP contribution in [0.15, 0.2) is 10.8 Å². The van der Waals surface area contributed by atoms with Gasteiger partial charge >= 0.3 is 0 Å². The second-order valence-electron chi connectivity index (χ2n) is 3.12. The highest BCUT2D eigenvalue weighted by atomic mass is 35.5. The van der Waals surface area contributed by atoms with Crippen LogP contribution in [0, 0.1) is 6.92 Å². The number of aromatic nitrogens is 2. The van der Waals surface area contributed by atoms with E-state index in [4.69, 9.17) is 11.6 Å². The predicted molar refractivity (Wildman–Crippen MR) is 65.1 cm³/mol. The molecule has 0 aliphatic rings. The number of amides is 1. The molecule has 0 aromatic carbocycles. The van der Waals surface area contributed by atoms with Crippen molar-refractivity contribution in [3.05, 3.63) is 31.4 Å². The Kier molecular flexibility index (Phi) is 3.52. The molecule has 7 heteroatoms. The number of carbonyl (C=O) groups excluding carboxylic acids is 1. The summed E-state index contributed by atoms with van der Waals surface area (Å²) < 4.78 is 0.275. The zero-order valence-electron chi connectivity index (χ0n) is 8.36. The Morgan fingerprint density at radius 1 is 1.50 bits per heavy atom. The van der Waals surface area contributed by atoms with Crippen LogP contribution in [0.4, 0.5) is 0 Å². The van der Waals surface area contributed by atoms with Crippen molar-refractivity contribution in [2.45, 2.75) is 13.5 Å². The number of hydrogen-bond donors (Lipinski definition) is 1. The Morgan fingerprint density at radius 2 is 2.31 bits per heavy atom. The molecule has 16 heavy (non-hydrogen) atoms. The summed E-state index contributed by atoms with van der Waals surface area (Å²) >= 11 is 8.29. The van der Waals surface area contributed by atoms with Crippen LogP contribution in [0.5, 0.6) is 0 Å². The van der Waals surface area contributed by atoms with Crippen LogP contribution in [0.2, 0.25) is 4.47 Å². The van der Waals surface area contributed by atoms with Gasteiger partial charge < -0.3 is 5.32 Å². The van der Waals surface area contributed by atoms with Crippen LogP contribution in [0.25, 0.3) is 0 Å². The zero-order chi connectivity index (χ0) is 11.5. The average molecular weight is 274 g/mol. The Bertz CT molecular complexity index is 508. The van der Waals surface area contributed by atoms with Crippen molar-refractivity contribution in [1.29, 1.82) is 0 Å². The highest BCUT2D eigenvalue weighted by Gasteiger charge is 2.11. The van der Waals surface area contributed by atoms with Crippen LogP contribution in [-0.2, 0) is 6.54 Å². The molecule has 0 saturated heterocycles. The Balaban J connectivity index is 1.96. The standard InChI is InChI=1S/C9H8ClN3OS2/c1-5-3-15-4-6(5)2-11-7(14)8-12-13-9(10)16-8/h3-4H,2H2,1H3,(H,11,14). The molecule has 4 nitrogen and oxygen atoms in total. The number of nitrogens with one attached hydrogen (secondary N) is 1. The number of halogens is 1. The molecule has 0 aliphatic heterocycles. The number of carbonyl (C=O) groups is 1. The summed E-state index contributed by atoms with van der Waals surface area (Å²) in [5.74, 6) is -0.241. The molecule has 1 amide bonds. The molecule has 1 N–H and O–H groups in total. The van der Waals surface area contributed by atoms with Gasteiger partial charge in [-0.05, 0) is 40.4 Å². The second-order valence-corrected chi connectivity index (χ2v) is 5.43. The van der Waals surface area contributed by atoms with Gasteiger partial charge in [0.25, 0.3) is 5.91 Å². The van der Waals surface area contributed by atoms with Gasteiger partial charge in [0.1, 0.15) is 0 Å². The smallest absolute Gasteiger partial charge is 0.282 e. The SMILES string of the molecule is Cc1cscc1CNC(=O)c1nnc(Cl)s1. The lowest BCUT2D eigenvalue weighted by atomic mass is 10.2. The largest absolute Gasteiger partial charge is 0.346 e. The monoisotopic (exact) mass is 273 g/mol. The number of hydrogen-bond acceptors (Lipinski definition) is 5. The minimum absolute atomic E-state index is 0.241. The Hall–Kier alpha value is -0.980. The van der Waals surface area contributed by atoms with E-state index in [0.29, 0.717) is 6.54 Å². The maximum absolute atomic E-state index is 11.6. The van der Waals surface area contributed by atoms with Crippen molar-refractivity contribution in [2.24, 2.45) is 0 Å². The van der Waals surface area contributed by atoms with Gasteiger partial charge in [-0.25, -0.2) is 0 Å². The minimum Gasteiger partial charge on any atom is -0.346 e. The normalized spacial score (nSPS) is 10.4. The summed E-state index contributed by atoms with van der Waals surface area (Å²) in [6.45, 7) is 2.52. The molecule has 0 aliphatic carbocycles. The van der Waals surface area contributed by atoms with Crippen LogP contribution >= 0.6 is 34.3 Å². The molecule has 2 rings (SSSR count). The summed E-state index contributed by atoms with van der Waals surface area (Å²) in [6.07, 6.45) is 0. The van der Waals surface area contributed by atoms with Gasteiger partial charge in [-0.1, -0.05) is 11.3 Å². The highest BCUT2D eigenvalue weighted by Crippen LogP contribution is 2.16. The molecule has 84 valence electrons. The van der Waals surface area contributed by atoms with Gasteiger partial charge in [0, 0.05) is 6.54 Å². The quantitative estimate of drug-likeness (QED) is 0.935. The molecule has 0 saturated carbocycles. The van der Waals surface area contributed by atoms with E-state index in [1.807, 2.05) is 17.7 Å². The van der Waals surface area contributed by atoms with E-state index in [2.05, 4.69) is 15.5 Å². The summed E-state index contributed by atoms with van der Waals surface area (Å²) in [7, 11) is 0. The van der Waals surface area contributed by atoms with Crippen molar-refractivity contribution in [2.75, 3.05) is 0 Å². The first-order valence-corrected chi connectivity index (χ1v) is 6.59. The van der Waals surface area contributed by atoms with Crippen molar-refractivity contribution in [1.82, 2.24) is 15.5 Å². The highest BCUT2D eigenvalue weighted by molar-refractivity contribution is 7.17. The molecule has 0 fully saturated rings. The van der Waals surface area contributed by atoms with E-state index >= 15 is 0 Å². The van der Waals surface area contributed by atoms with Crippen molar-refractivity contribution >= 4 is 40.2 Å². The lowest BCUT2D eigenvalue weighted by Gasteiger charge is -2.01. The maximum atomic E-state index is 11.6. The molecule has 2 aromatic rings. The first kappa shape index (κ1) is 11.5. The number of aryl methyl sites for hydroxylation is 1. The molecule has 0 unspecified atom stereocenters. The molecular weight excluding hydrogens is 266 g/mol. The maximum Gasteiger partial charge on any atom is 0.282 e. The summed E-state index contributed by atoms with van der Waals surface area (Å²) in [5.41, 5.74) is 2.30. The number of thiophene rings is 1. The first-order valence-electron chi connectivity index (χ1n) is 4.45. The Labute approximate surface area is 105 Å². The van der Waals surface area contributed by atoms with E-state index in [0.717, 1.165) is 16.9 Å². The topological polar surface area (TPSA) is 54.9 Å². The molecule has 0 atom stereocenters. The van der Waals surface area contributed by atoms with E-state index in [1.54, 1.807) is 11.3 Å². The van der Waals surface area contributed by atoms with Crippen molar-refractivity contribution in [3.63, 3.8) is 0 Å². The third-order valence-electron chi connectivity index (χ3n) is 2.00. The number of rotatable bonds is 3. The lowest BCUT2D eigenvalue weighted by Crippen LogP contribution is -2.22. The fourth-order valence-corrected chi connectivity index (χ4v) is 2.72. The summed E-state index contributed by atoms with van der Waals surface area (Å²) in [5, 5.41) is 14.4. The summed E-state index contributed by atoms with van der Waals surface area (Å²) in [6, 6.07) is 0. The van der Waals surface area contributed by atoms with E-state index in [-0.39, 0.29) is 15.4 Å². The molecule has 0 radical (unpaired) electrons. The van der Waals surface area contributed by atoms with Crippen LogP contribution in [0.1, 0.15) is 20.9 Å². The average Bonchev–Trinajstić information content (AvgIpc) is 2.84. The molecule has 2 aromatic heterocycles.